The Morgan fingerprint density at radius 3 is 1.42 bits per heavy atom. The molecule has 53 heavy (non-hydrogen) atoms. The molecule has 8 rings (SSSR count). The van der Waals surface area contributed by atoms with Crippen LogP contribution in [0.25, 0.3) is 11.1 Å². The van der Waals surface area contributed by atoms with Crippen molar-refractivity contribution >= 4 is 3.26 Å². The van der Waals surface area contributed by atoms with Gasteiger partial charge in [-0.3, -0.25) is 0 Å². The van der Waals surface area contributed by atoms with Gasteiger partial charge in [-0.05, 0) is 0 Å². The Morgan fingerprint density at radius 1 is 0.547 bits per heavy atom. The average molecular weight is 862 g/mol. The molecule has 1 saturated carbocycles. The summed E-state index contributed by atoms with van der Waals surface area (Å²) in [6, 6.07) is 50.7. The van der Waals surface area contributed by atoms with Crippen molar-refractivity contribution in [3.63, 3.8) is 0 Å². The molecule has 0 atom stereocenters. The van der Waals surface area contributed by atoms with E-state index >= 15 is 0 Å². The van der Waals surface area contributed by atoms with Crippen LogP contribution in [0.15, 0.2) is 152 Å². The van der Waals surface area contributed by atoms with Gasteiger partial charge in [-0.2, -0.15) is 0 Å². The normalized spacial score (nSPS) is 16.7. The second-order valence-electron chi connectivity index (χ2n) is 18.8. The fourth-order valence-corrected chi connectivity index (χ4v) is 48.2. The Kier molecular flexibility index (Phi) is 9.50. The van der Waals surface area contributed by atoms with E-state index in [-0.39, 0.29) is 10.8 Å². The topological polar surface area (TPSA) is 0 Å². The molecule has 1 heteroatoms. The van der Waals surface area contributed by atoms with Crippen molar-refractivity contribution in [2.24, 2.45) is 5.92 Å². The second kappa shape index (κ2) is 13.9. The van der Waals surface area contributed by atoms with Gasteiger partial charge in [-0.15, -0.1) is 0 Å². The van der Waals surface area contributed by atoms with Gasteiger partial charge in [0.2, 0.25) is 0 Å². The molecule has 3 aliphatic carbocycles. The fraction of sp³-hybridized carbons (Fsp3) is 0.327. The van der Waals surface area contributed by atoms with Gasteiger partial charge in [0.1, 0.15) is 0 Å². The Bertz CT molecular complexity index is 2110. The molecule has 0 N–H and O–H groups in total. The molecule has 0 unspecified atom stereocenters. The maximum absolute atomic E-state index is 5.09. The molecular formula is C52H58Hf. The third-order valence-electron chi connectivity index (χ3n) is 13.5. The van der Waals surface area contributed by atoms with Crippen LogP contribution in [0.5, 0.6) is 0 Å². The van der Waals surface area contributed by atoms with Crippen molar-refractivity contribution in [1.29, 1.82) is 0 Å². The van der Waals surface area contributed by atoms with Gasteiger partial charge in [-0.1, -0.05) is 0 Å². The van der Waals surface area contributed by atoms with E-state index < -0.39 is 18.0 Å². The van der Waals surface area contributed by atoms with E-state index in [0.717, 1.165) is 8.35 Å². The predicted molar refractivity (Wildman–Crippen MR) is 226 cm³/mol. The van der Waals surface area contributed by atoms with E-state index in [2.05, 4.69) is 193 Å². The number of rotatable bonds is 8. The minimum atomic E-state index is -5.09. The number of hydrogen-bond donors (Lipinski definition) is 0. The molecular weight excluding hydrogens is 803 g/mol. The van der Waals surface area contributed by atoms with E-state index in [9.17, 15) is 0 Å². The van der Waals surface area contributed by atoms with Crippen LogP contribution in [-0.2, 0) is 37.2 Å². The summed E-state index contributed by atoms with van der Waals surface area (Å²) in [5.41, 5.74) is 13.6. The molecule has 0 spiro atoms. The molecule has 0 saturated heterocycles. The zero-order chi connectivity index (χ0) is 36.9. The van der Waals surface area contributed by atoms with Gasteiger partial charge < -0.3 is 0 Å². The Balaban J connectivity index is 1.67. The van der Waals surface area contributed by atoms with Crippen molar-refractivity contribution in [3.8, 4) is 11.1 Å². The number of allylic oxidation sites excluding steroid dienone is 4. The van der Waals surface area contributed by atoms with E-state index in [1.54, 1.807) is 11.1 Å². The van der Waals surface area contributed by atoms with Crippen molar-refractivity contribution in [1.82, 2.24) is 0 Å². The SMILES string of the molecule is CC(C)(C)c1ccc2c(c1)[CH]([Hf]([CH2]c1ccccc1)([CH2]c1ccccc1)(=[C](c1ccccc1)C1CCCC1)[CH]1C=CC=C1)c1cc(C(C)(C)C)ccc1-2. The van der Waals surface area contributed by atoms with Crippen molar-refractivity contribution in [2.45, 2.75) is 93.8 Å². The number of hydrogen-bond acceptors (Lipinski definition) is 0. The van der Waals surface area contributed by atoms with Crippen LogP contribution in [0.1, 0.15) is 110 Å². The van der Waals surface area contributed by atoms with Crippen LogP contribution in [0.2, 0.25) is 3.67 Å². The fourth-order valence-electron chi connectivity index (χ4n) is 11.2. The van der Waals surface area contributed by atoms with Gasteiger partial charge >= 0.3 is 323 Å². The Hall–Kier alpha value is -3.68. The molecule has 0 aliphatic heterocycles. The summed E-state index contributed by atoms with van der Waals surface area (Å²) in [5, 5.41) is 0. The average Bonchev–Trinajstić information content (AvgIpc) is 3.94. The van der Waals surface area contributed by atoms with Gasteiger partial charge in [0.15, 0.2) is 0 Å². The molecule has 0 nitrogen and oxygen atoms in total. The quantitative estimate of drug-likeness (QED) is 0.136. The molecule has 1 fully saturated rings. The maximum atomic E-state index is 2.70. The van der Waals surface area contributed by atoms with E-state index in [4.69, 9.17) is 0 Å². The molecule has 0 amide bonds. The molecule has 5 aromatic rings. The minimum absolute atomic E-state index is 0.0424. The first-order valence-electron chi connectivity index (χ1n) is 20.3. The first-order chi connectivity index (χ1) is 25.5. The summed E-state index contributed by atoms with van der Waals surface area (Å²) in [6.45, 7) is 14.4. The molecule has 0 radical (unpaired) electrons. The predicted octanol–water partition coefficient (Wildman–Crippen LogP) is 13.8. The summed E-state index contributed by atoms with van der Waals surface area (Å²) in [7, 11) is 0. The summed E-state index contributed by atoms with van der Waals surface area (Å²) in [5.74, 6) is 0.576. The third-order valence-corrected chi connectivity index (χ3v) is 44.7. The number of fused-ring (bicyclic) bond motifs is 3. The molecule has 0 aromatic heterocycles. The number of benzene rings is 5. The van der Waals surface area contributed by atoms with Crippen LogP contribution in [0, 0.1) is 5.92 Å². The summed E-state index contributed by atoms with van der Waals surface area (Å²) < 4.78 is 4.88. The van der Waals surface area contributed by atoms with Crippen LogP contribution < -0.4 is 0 Å². The molecule has 0 heterocycles. The standard InChI is InChI=1S/C21H25.C12H14.2C7H7.C5H5.Hf/c1-20(2,3)16-7-9-18-14(12-16)11-15-13-17(21(4,5)6)8-10-19(15)18;1-2-6-11(7-3-1)10-12-8-4-5-9-12;2*1-7-5-3-2-4-6-7;1-2-4-5-3-1;/h7-13H,1-6H3;1-3,6-7,12H,4-5,8-9H2;2*2-6H,1H2;1-5H;. The Labute approximate surface area is 320 Å². The summed E-state index contributed by atoms with van der Waals surface area (Å²) in [6.07, 6.45) is 15.4. The van der Waals surface area contributed by atoms with Crippen molar-refractivity contribution in [2.75, 3.05) is 0 Å². The van der Waals surface area contributed by atoms with Gasteiger partial charge in [-0.25, -0.2) is 0 Å². The van der Waals surface area contributed by atoms with Gasteiger partial charge in [0, 0.05) is 0 Å². The van der Waals surface area contributed by atoms with Crippen molar-refractivity contribution in [3.05, 3.63) is 191 Å². The first kappa shape index (κ1) is 36.3. The molecule has 270 valence electrons. The molecule has 0 bridgehead atoms. The Morgan fingerprint density at radius 2 is 0.981 bits per heavy atom. The molecule has 3 aliphatic rings. The zero-order valence-corrected chi connectivity index (χ0v) is 36.5. The second-order valence-corrected chi connectivity index (χ2v) is 41.2. The zero-order valence-electron chi connectivity index (χ0n) is 32.9. The van der Waals surface area contributed by atoms with E-state index in [1.807, 2.05) is 3.26 Å². The molecule has 5 aromatic carbocycles. The first-order valence-corrected chi connectivity index (χ1v) is 31.3. The monoisotopic (exact) mass is 862 g/mol. The van der Waals surface area contributed by atoms with E-state index in [0.29, 0.717) is 13.3 Å². The van der Waals surface area contributed by atoms with Gasteiger partial charge in [0.05, 0.1) is 0 Å². The van der Waals surface area contributed by atoms with Crippen LogP contribution >= 0.6 is 0 Å². The van der Waals surface area contributed by atoms with E-state index in [1.165, 1.54) is 64.6 Å². The third kappa shape index (κ3) is 6.30. The summed E-state index contributed by atoms with van der Waals surface area (Å²) >= 11 is -5.09. The van der Waals surface area contributed by atoms with Crippen LogP contribution in [-0.4, -0.2) is 3.26 Å². The van der Waals surface area contributed by atoms with Gasteiger partial charge in [0.25, 0.3) is 0 Å². The summed E-state index contributed by atoms with van der Waals surface area (Å²) in [4.78, 5) is 0. The van der Waals surface area contributed by atoms with Crippen molar-refractivity contribution < 1.29 is 18.0 Å². The van der Waals surface area contributed by atoms with Crippen LogP contribution in [0.4, 0.5) is 0 Å². The van der Waals surface area contributed by atoms with Crippen LogP contribution in [0.3, 0.4) is 0 Å².